The predicted molar refractivity (Wildman–Crippen MR) is 116 cm³/mol. The number of rotatable bonds is 8. The number of anilines is 2. The maximum Gasteiger partial charge on any atom is 0.253 e. The molecule has 0 spiro atoms. The van der Waals surface area contributed by atoms with Crippen LogP contribution in [-0.2, 0) is 14.8 Å². The smallest absolute Gasteiger partial charge is 0.253 e. The summed E-state index contributed by atoms with van der Waals surface area (Å²) in [5, 5.41) is 5.43. The molecular formula is C21H27N3O4S. The van der Waals surface area contributed by atoms with E-state index in [1.807, 2.05) is 26.8 Å². The molecule has 0 aliphatic heterocycles. The van der Waals surface area contributed by atoms with Crippen LogP contribution in [0.2, 0.25) is 0 Å². The van der Waals surface area contributed by atoms with Gasteiger partial charge in [0.05, 0.1) is 23.2 Å². The Bertz CT molecular complexity index is 982. The number of hydrogen-bond donors (Lipinski definition) is 2. The summed E-state index contributed by atoms with van der Waals surface area (Å²) in [4.78, 5) is 25.0. The summed E-state index contributed by atoms with van der Waals surface area (Å²) in [6.07, 6.45) is 1.85. The molecule has 0 atom stereocenters. The molecule has 0 aliphatic rings. The fourth-order valence-electron chi connectivity index (χ4n) is 2.94. The largest absolute Gasteiger partial charge is 0.352 e. The van der Waals surface area contributed by atoms with Gasteiger partial charge in [0.2, 0.25) is 15.9 Å². The van der Waals surface area contributed by atoms with Crippen molar-refractivity contribution in [3.8, 4) is 0 Å². The van der Waals surface area contributed by atoms with Gasteiger partial charge in [0, 0.05) is 6.54 Å². The van der Waals surface area contributed by atoms with Crippen molar-refractivity contribution in [2.45, 2.75) is 27.2 Å². The van der Waals surface area contributed by atoms with Gasteiger partial charge in [0.1, 0.15) is 6.54 Å². The predicted octanol–water partition coefficient (Wildman–Crippen LogP) is 2.85. The van der Waals surface area contributed by atoms with Gasteiger partial charge < -0.3 is 10.6 Å². The quantitative estimate of drug-likeness (QED) is 0.690. The Kier molecular flexibility index (Phi) is 7.39. The van der Waals surface area contributed by atoms with Crippen LogP contribution in [0.1, 0.15) is 34.8 Å². The zero-order chi connectivity index (χ0) is 21.6. The molecule has 2 N–H and O–H groups in total. The van der Waals surface area contributed by atoms with E-state index < -0.39 is 22.5 Å². The third-order valence-electron chi connectivity index (χ3n) is 4.16. The number of hydrogen-bond acceptors (Lipinski definition) is 4. The van der Waals surface area contributed by atoms with Crippen LogP contribution < -0.4 is 14.9 Å². The fraction of sp³-hybridized carbons (Fsp3) is 0.333. The van der Waals surface area contributed by atoms with Gasteiger partial charge in [-0.15, -0.1) is 0 Å². The molecule has 0 bridgehead atoms. The minimum absolute atomic E-state index is 0.294. The van der Waals surface area contributed by atoms with E-state index >= 15 is 0 Å². The molecule has 0 saturated carbocycles. The summed E-state index contributed by atoms with van der Waals surface area (Å²) in [6, 6.07) is 12.0. The number of aryl methyl sites for hydroxylation is 2. The SMILES string of the molecule is CCCNC(=O)c1ccccc1NC(=O)CN(c1cc(C)cc(C)c1)S(C)(=O)=O. The summed E-state index contributed by atoms with van der Waals surface area (Å²) in [6.45, 7) is 5.80. The maximum atomic E-state index is 12.7. The molecule has 2 amide bonds. The summed E-state index contributed by atoms with van der Waals surface area (Å²) in [7, 11) is -3.68. The first-order valence-electron chi connectivity index (χ1n) is 9.35. The molecule has 2 aromatic carbocycles. The zero-order valence-corrected chi connectivity index (χ0v) is 18.0. The highest BCUT2D eigenvalue weighted by molar-refractivity contribution is 7.92. The molecule has 8 heteroatoms. The number of sulfonamides is 1. The van der Waals surface area contributed by atoms with Gasteiger partial charge in [0.15, 0.2) is 0 Å². The van der Waals surface area contributed by atoms with Crippen molar-refractivity contribution in [2.24, 2.45) is 0 Å². The Morgan fingerprint density at radius 1 is 1.03 bits per heavy atom. The van der Waals surface area contributed by atoms with Crippen molar-refractivity contribution in [2.75, 3.05) is 29.0 Å². The first-order valence-corrected chi connectivity index (χ1v) is 11.2. The number of benzene rings is 2. The van der Waals surface area contributed by atoms with Crippen LogP contribution in [0.15, 0.2) is 42.5 Å². The van der Waals surface area contributed by atoms with E-state index in [9.17, 15) is 18.0 Å². The number of carbonyl (C=O) groups excluding carboxylic acids is 2. The second kappa shape index (κ2) is 9.56. The highest BCUT2D eigenvalue weighted by Crippen LogP contribution is 2.22. The van der Waals surface area contributed by atoms with Crippen LogP contribution in [0.25, 0.3) is 0 Å². The monoisotopic (exact) mass is 417 g/mol. The molecule has 2 aromatic rings. The third-order valence-corrected chi connectivity index (χ3v) is 5.30. The van der Waals surface area contributed by atoms with Gasteiger partial charge >= 0.3 is 0 Å². The lowest BCUT2D eigenvalue weighted by atomic mass is 10.1. The maximum absolute atomic E-state index is 12.7. The van der Waals surface area contributed by atoms with E-state index in [0.717, 1.165) is 28.1 Å². The first-order chi connectivity index (χ1) is 13.6. The standard InChI is InChI=1S/C21H27N3O4S/c1-5-10-22-21(26)18-8-6-7-9-19(18)23-20(25)14-24(29(4,27)28)17-12-15(2)11-16(3)13-17/h6-9,11-13H,5,10,14H2,1-4H3,(H,22,26)(H,23,25). The molecule has 156 valence electrons. The molecule has 0 saturated heterocycles. The molecule has 0 fully saturated rings. The summed E-state index contributed by atoms with van der Waals surface area (Å²) >= 11 is 0. The molecule has 7 nitrogen and oxygen atoms in total. The molecular weight excluding hydrogens is 390 g/mol. The molecule has 0 aromatic heterocycles. The number of carbonyl (C=O) groups is 2. The topological polar surface area (TPSA) is 95.6 Å². The highest BCUT2D eigenvalue weighted by Gasteiger charge is 2.22. The molecule has 0 unspecified atom stereocenters. The fourth-order valence-corrected chi connectivity index (χ4v) is 3.78. The van der Waals surface area contributed by atoms with Crippen LogP contribution in [0.4, 0.5) is 11.4 Å². The van der Waals surface area contributed by atoms with Crippen LogP contribution in [0, 0.1) is 13.8 Å². The van der Waals surface area contributed by atoms with E-state index in [1.54, 1.807) is 36.4 Å². The molecule has 0 aliphatic carbocycles. The van der Waals surface area contributed by atoms with Crippen LogP contribution in [-0.4, -0.2) is 39.6 Å². The number of nitrogens with zero attached hydrogens (tertiary/aromatic N) is 1. The van der Waals surface area contributed by atoms with Crippen molar-refractivity contribution in [1.82, 2.24) is 5.32 Å². The minimum Gasteiger partial charge on any atom is -0.352 e. The molecule has 0 heterocycles. The first kappa shape index (κ1) is 22.4. The van der Waals surface area contributed by atoms with Gasteiger partial charge in [0.25, 0.3) is 5.91 Å². The van der Waals surface area contributed by atoms with Gasteiger partial charge in [-0.2, -0.15) is 0 Å². The van der Waals surface area contributed by atoms with E-state index in [1.165, 1.54) is 0 Å². The van der Waals surface area contributed by atoms with E-state index in [4.69, 9.17) is 0 Å². The Balaban J connectivity index is 2.25. The summed E-state index contributed by atoms with van der Waals surface area (Å²) < 4.78 is 25.7. The Morgan fingerprint density at radius 2 is 1.66 bits per heavy atom. The van der Waals surface area contributed by atoms with Crippen molar-refractivity contribution in [3.05, 3.63) is 59.2 Å². The summed E-state index contributed by atoms with van der Waals surface area (Å²) in [5.74, 6) is -0.831. The second-order valence-corrected chi connectivity index (χ2v) is 8.87. The lowest BCUT2D eigenvalue weighted by molar-refractivity contribution is -0.114. The Labute approximate surface area is 172 Å². The Hall–Kier alpha value is -2.87. The number of para-hydroxylation sites is 1. The highest BCUT2D eigenvalue weighted by atomic mass is 32.2. The van der Waals surface area contributed by atoms with Gasteiger partial charge in [-0.3, -0.25) is 13.9 Å². The van der Waals surface area contributed by atoms with Crippen LogP contribution in [0.5, 0.6) is 0 Å². The van der Waals surface area contributed by atoms with E-state index in [2.05, 4.69) is 10.6 Å². The zero-order valence-electron chi connectivity index (χ0n) is 17.2. The number of nitrogens with one attached hydrogen (secondary N) is 2. The van der Waals surface area contributed by atoms with Gasteiger partial charge in [-0.1, -0.05) is 25.1 Å². The lowest BCUT2D eigenvalue weighted by Gasteiger charge is -2.23. The van der Waals surface area contributed by atoms with Gasteiger partial charge in [-0.25, -0.2) is 8.42 Å². The van der Waals surface area contributed by atoms with E-state index in [-0.39, 0.29) is 5.91 Å². The van der Waals surface area contributed by atoms with Gasteiger partial charge in [-0.05, 0) is 55.7 Å². The minimum atomic E-state index is -3.68. The van der Waals surface area contributed by atoms with Crippen LogP contribution in [0.3, 0.4) is 0 Å². The van der Waals surface area contributed by atoms with Crippen molar-refractivity contribution >= 4 is 33.2 Å². The van der Waals surface area contributed by atoms with E-state index in [0.29, 0.717) is 23.5 Å². The molecule has 2 rings (SSSR count). The van der Waals surface area contributed by atoms with Crippen molar-refractivity contribution in [3.63, 3.8) is 0 Å². The van der Waals surface area contributed by atoms with Crippen molar-refractivity contribution < 1.29 is 18.0 Å². The molecule has 29 heavy (non-hydrogen) atoms. The Morgan fingerprint density at radius 3 is 2.24 bits per heavy atom. The number of amides is 2. The lowest BCUT2D eigenvalue weighted by Crippen LogP contribution is -2.38. The normalized spacial score (nSPS) is 11.0. The third kappa shape index (κ3) is 6.32. The second-order valence-electron chi connectivity index (χ2n) is 6.97. The van der Waals surface area contributed by atoms with Crippen molar-refractivity contribution in [1.29, 1.82) is 0 Å². The van der Waals surface area contributed by atoms with Crippen LogP contribution >= 0.6 is 0 Å². The molecule has 0 radical (unpaired) electrons. The summed E-state index contributed by atoms with van der Waals surface area (Å²) in [5.41, 5.74) is 2.87. The average Bonchev–Trinajstić information content (AvgIpc) is 2.63. The average molecular weight is 418 g/mol.